The molecule has 18 heavy (non-hydrogen) atoms. The number of rotatable bonds is 4. The number of β-amino-alcohol motifs (C(OH)–C–C–N with tert-alkyl or cyclic N) is 1. The van der Waals surface area contributed by atoms with E-state index in [1.807, 2.05) is 19.0 Å². The van der Waals surface area contributed by atoms with Crippen molar-refractivity contribution in [2.75, 3.05) is 27.2 Å². The minimum absolute atomic E-state index is 0.0840. The van der Waals surface area contributed by atoms with Crippen LogP contribution < -0.4 is 0 Å². The lowest BCUT2D eigenvalue weighted by Crippen LogP contribution is -2.46. The third-order valence-electron chi connectivity index (χ3n) is 3.80. The maximum atomic E-state index is 12.3. The number of aliphatic carboxylic acids is 1. The second-order valence-electron chi connectivity index (χ2n) is 5.65. The van der Waals surface area contributed by atoms with Crippen molar-refractivity contribution < 1.29 is 19.8 Å². The molecule has 2 rings (SSSR count). The summed E-state index contributed by atoms with van der Waals surface area (Å²) < 4.78 is 0. The van der Waals surface area contributed by atoms with E-state index in [4.69, 9.17) is 5.11 Å². The van der Waals surface area contributed by atoms with Crippen molar-refractivity contribution in [3.8, 4) is 0 Å². The Balaban J connectivity index is 2.11. The Morgan fingerprint density at radius 1 is 1.39 bits per heavy atom. The third kappa shape index (κ3) is 2.22. The second kappa shape index (κ2) is 4.51. The molecule has 6 heteroatoms. The largest absolute Gasteiger partial charge is 0.480 e. The van der Waals surface area contributed by atoms with Crippen LogP contribution in [0.3, 0.4) is 0 Å². The number of hydrogen-bond acceptors (Lipinski definition) is 4. The lowest BCUT2D eigenvalue weighted by molar-refractivity contribution is -0.154. The summed E-state index contributed by atoms with van der Waals surface area (Å²) in [5.74, 6) is -1.35. The van der Waals surface area contributed by atoms with Gasteiger partial charge in [-0.1, -0.05) is 0 Å². The number of aliphatic hydroxyl groups excluding tert-OH is 1. The van der Waals surface area contributed by atoms with E-state index in [1.165, 1.54) is 0 Å². The van der Waals surface area contributed by atoms with Gasteiger partial charge in [-0.15, -0.1) is 0 Å². The van der Waals surface area contributed by atoms with E-state index in [1.54, 1.807) is 4.90 Å². The van der Waals surface area contributed by atoms with E-state index >= 15 is 0 Å². The molecule has 0 aromatic carbocycles. The highest BCUT2D eigenvalue weighted by Gasteiger charge is 2.60. The number of carboxylic acids is 1. The molecule has 1 aliphatic carbocycles. The van der Waals surface area contributed by atoms with Gasteiger partial charge < -0.3 is 20.0 Å². The Hall–Kier alpha value is -1.14. The van der Waals surface area contributed by atoms with Crippen LogP contribution in [0, 0.1) is 5.41 Å². The van der Waals surface area contributed by atoms with Gasteiger partial charge in [0.15, 0.2) is 0 Å². The summed E-state index contributed by atoms with van der Waals surface area (Å²) in [6.45, 7) is 0.908. The molecule has 0 radical (unpaired) electrons. The molecular weight excluding hydrogens is 236 g/mol. The fourth-order valence-electron chi connectivity index (χ4n) is 2.65. The van der Waals surface area contributed by atoms with Crippen molar-refractivity contribution in [1.82, 2.24) is 9.80 Å². The molecule has 6 nitrogen and oxygen atoms in total. The van der Waals surface area contributed by atoms with Crippen LogP contribution in [0.25, 0.3) is 0 Å². The number of carbonyl (C=O) groups excluding carboxylic acids is 1. The molecule has 0 aromatic heterocycles. The lowest BCUT2D eigenvalue weighted by atomic mass is 10.1. The van der Waals surface area contributed by atoms with Crippen molar-refractivity contribution in [2.45, 2.75) is 31.4 Å². The monoisotopic (exact) mass is 256 g/mol. The smallest absolute Gasteiger partial charge is 0.319 e. The maximum absolute atomic E-state index is 12.3. The molecule has 1 saturated carbocycles. The fraction of sp³-hybridized carbons (Fsp3) is 0.833. The Morgan fingerprint density at radius 3 is 2.44 bits per heavy atom. The summed E-state index contributed by atoms with van der Waals surface area (Å²) in [7, 11) is 3.80. The van der Waals surface area contributed by atoms with E-state index < -0.39 is 17.5 Å². The number of carboxylic acid groups (broad SMARTS) is 1. The normalized spacial score (nSPS) is 29.7. The highest BCUT2D eigenvalue weighted by molar-refractivity contribution is 6.05. The quantitative estimate of drug-likeness (QED) is 0.655. The molecule has 2 aliphatic rings. The van der Waals surface area contributed by atoms with E-state index in [-0.39, 0.29) is 18.5 Å². The molecular formula is C12H20N2O4. The molecule has 2 N–H and O–H groups in total. The van der Waals surface area contributed by atoms with Gasteiger partial charge >= 0.3 is 5.97 Å². The number of likely N-dealkylation sites (N-methyl/N-ethyl adjacent to an activating group) is 1. The number of nitrogens with zero attached hydrogens (tertiary/aromatic N) is 2. The minimum Gasteiger partial charge on any atom is -0.480 e. The van der Waals surface area contributed by atoms with Crippen molar-refractivity contribution in [3.05, 3.63) is 0 Å². The average Bonchev–Trinajstić information content (AvgIpc) is 2.98. The number of carbonyl (C=O) groups is 2. The summed E-state index contributed by atoms with van der Waals surface area (Å²) in [4.78, 5) is 27.0. The van der Waals surface area contributed by atoms with Crippen LogP contribution in [0.5, 0.6) is 0 Å². The van der Waals surface area contributed by atoms with Crippen LogP contribution in [-0.2, 0) is 9.59 Å². The highest BCUT2D eigenvalue weighted by atomic mass is 16.4. The Bertz CT molecular complexity index is 365. The van der Waals surface area contributed by atoms with E-state index in [0.717, 1.165) is 0 Å². The van der Waals surface area contributed by atoms with Crippen LogP contribution in [0.4, 0.5) is 0 Å². The summed E-state index contributed by atoms with van der Waals surface area (Å²) >= 11 is 0. The molecule has 1 amide bonds. The number of hydrogen-bond donors (Lipinski definition) is 2. The number of amides is 1. The standard InChI is InChI=1S/C12H20N2O4/c1-13(2)6-8-5-9(15)7-14(8)10(16)12(3-4-12)11(17)18/h8-9,15H,3-7H2,1-2H3,(H,17,18). The van der Waals surface area contributed by atoms with Gasteiger partial charge in [-0.2, -0.15) is 0 Å². The van der Waals surface area contributed by atoms with Gasteiger partial charge in [-0.3, -0.25) is 9.59 Å². The van der Waals surface area contributed by atoms with E-state index in [0.29, 0.717) is 25.8 Å². The SMILES string of the molecule is CN(C)CC1CC(O)CN1C(=O)C1(C(=O)O)CC1. The van der Waals surface area contributed by atoms with Gasteiger partial charge in [0.25, 0.3) is 0 Å². The predicted octanol–water partition coefficient (Wildman–Crippen LogP) is -0.625. The number of aliphatic hydroxyl groups is 1. The van der Waals surface area contributed by atoms with Crippen molar-refractivity contribution in [3.63, 3.8) is 0 Å². The maximum Gasteiger partial charge on any atom is 0.319 e. The van der Waals surface area contributed by atoms with Crippen LogP contribution >= 0.6 is 0 Å². The first-order chi connectivity index (χ1) is 8.36. The predicted molar refractivity (Wildman–Crippen MR) is 64.0 cm³/mol. The Kier molecular flexibility index (Phi) is 3.33. The molecule has 0 bridgehead atoms. The van der Waals surface area contributed by atoms with E-state index in [2.05, 4.69) is 0 Å². The fourth-order valence-corrected chi connectivity index (χ4v) is 2.65. The third-order valence-corrected chi connectivity index (χ3v) is 3.80. The Morgan fingerprint density at radius 2 is 2.00 bits per heavy atom. The highest BCUT2D eigenvalue weighted by Crippen LogP contribution is 2.48. The summed E-state index contributed by atoms with van der Waals surface area (Å²) in [6, 6.07) is -0.0840. The van der Waals surface area contributed by atoms with Gasteiger partial charge in [0.05, 0.1) is 6.10 Å². The van der Waals surface area contributed by atoms with Crippen LogP contribution in [0.1, 0.15) is 19.3 Å². The van der Waals surface area contributed by atoms with Crippen LogP contribution in [0.15, 0.2) is 0 Å². The van der Waals surface area contributed by atoms with Crippen molar-refractivity contribution >= 4 is 11.9 Å². The first kappa shape index (κ1) is 13.3. The van der Waals surface area contributed by atoms with Gasteiger partial charge in [0, 0.05) is 19.1 Å². The molecule has 102 valence electrons. The lowest BCUT2D eigenvalue weighted by Gasteiger charge is -2.29. The molecule has 2 unspecified atom stereocenters. The first-order valence-electron chi connectivity index (χ1n) is 6.24. The zero-order valence-corrected chi connectivity index (χ0v) is 10.8. The summed E-state index contributed by atoms with van der Waals surface area (Å²) in [6.07, 6.45) is 0.827. The molecule has 2 fully saturated rings. The number of likely N-dealkylation sites (tertiary alicyclic amines) is 1. The first-order valence-corrected chi connectivity index (χ1v) is 6.24. The molecule has 1 saturated heterocycles. The average molecular weight is 256 g/mol. The van der Waals surface area contributed by atoms with Crippen molar-refractivity contribution in [2.24, 2.45) is 5.41 Å². The minimum atomic E-state index is -1.20. The van der Waals surface area contributed by atoms with Gasteiger partial charge in [0.1, 0.15) is 5.41 Å². The molecule has 1 aliphatic heterocycles. The van der Waals surface area contributed by atoms with E-state index in [9.17, 15) is 14.7 Å². The molecule has 2 atom stereocenters. The van der Waals surface area contributed by atoms with Gasteiger partial charge in [0.2, 0.25) is 5.91 Å². The zero-order chi connectivity index (χ0) is 13.5. The van der Waals surface area contributed by atoms with Crippen molar-refractivity contribution in [1.29, 1.82) is 0 Å². The molecule has 0 spiro atoms. The van der Waals surface area contributed by atoms with Crippen LogP contribution in [0.2, 0.25) is 0 Å². The second-order valence-corrected chi connectivity index (χ2v) is 5.65. The Labute approximate surface area is 106 Å². The zero-order valence-electron chi connectivity index (χ0n) is 10.8. The molecule has 0 aromatic rings. The van der Waals surface area contributed by atoms with Gasteiger partial charge in [-0.25, -0.2) is 0 Å². The summed E-state index contributed by atoms with van der Waals surface area (Å²) in [5.41, 5.74) is -1.20. The van der Waals surface area contributed by atoms with Gasteiger partial charge in [-0.05, 0) is 33.4 Å². The van der Waals surface area contributed by atoms with Crippen LogP contribution in [-0.4, -0.2) is 71.2 Å². The summed E-state index contributed by atoms with van der Waals surface area (Å²) in [5, 5.41) is 18.8. The topological polar surface area (TPSA) is 81.1 Å². The molecule has 1 heterocycles.